The molecular weight excluding hydrogens is 280 g/mol. The molecule has 0 aromatic heterocycles. The predicted octanol–water partition coefficient (Wildman–Crippen LogP) is 3.90. The summed E-state index contributed by atoms with van der Waals surface area (Å²) in [7, 11) is 1.38. The number of benzene rings is 2. The number of carbonyl (C=O) groups is 1. The van der Waals surface area contributed by atoms with Crippen molar-refractivity contribution >= 4 is 21.9 Å². The monoisotopic (exact) mass is 290 g/mol. The fourth-order valence-corrected chi connectivity index (χ4v) is 2.01. The van der Waals surface area contributed by atoms with Crippen molar-refractivity contribution in [3.05, 3.63) is 58.6 Å². The Bertz CT molecular complexity index is 549. The number of esters is 1. The van der Waals surface area contributed by atoms with E-state index >= 15 is 0 Å². The van der Waals surface area contributed by atoms with E-state index in [-0.39, 0.29) is 5.97 Å². The standard InChI is InChI=1S/C14H11BrO2/c1-17-14(16)12-6-2-4-10(8-12)11-5-3-7-13(15)9-11/h2-9H,1H3. The van der Waals surface area contributed by atoms with Crippen LogP contribution >= 0.6 is 15.9 Å². The van der Waals surface area contributed by atoms with Crippen molar-refractivity contribution in [3.8, 4) is 11.1 Å². The minimum absolute atomic E-state index is 0.318. The van der Waals surface area contributed by atoms with Crippen molar-refractivity contribution in [1.29, 1.82) is 0 Å². The molecule has 0 heterocycles. The van der Waals surface area contributed by atoms with Gasteiger partial charge in [-0.3, -0.25) is 0 Å². The molecule has 2 rings (SSSR count). The van der Waals surface area contributed by atoms with Crippen molar-refractivity contribution in [3.63, 3.8) is 0 Å². The molecule has 0 aliphatic carbocycles. The number of hydrogen-bond donors (Lipinski definition) is 0. The van der Waals surface area contributed by atoms with Gasteiger partial charge in [0.25, 0.3) is 0 Å². The fourth-order valence-electron chi connectivity index (χ4n) is 1.61. The molecule has 2 aromatic rings. The highest BCUT2D eigenvalue weighted by Gasteiger charge is 2.06. The molecule has 17 heavy (non-hydrogen) atoms. The minimum atomic E-state index is -0.318. The first-order chi connectivity index (χ1) is 8.20. The highest BCUT2D eigenvalue weighted by atomic mass is 79.9. The molecule has 0 bridgehead atoms. The van der Waals surface area contributed by atoms with Gasteiger partial charge in [-0.05, 0) is 35.4 Å². The Labute approximate surface area is 108 Å². The normalized spacial score (nSPS) is 10.0. The molecule has 0 saturated carbocycles. The number of halogens is 1. The number of hydrogen-bond acceptors (Lipinski definition) is 2. The lowest BCUT2D eigenvalue weighted by Gasteiger charge is -2.04. The Hall–Kier alpha value is -1.61. The molecule has 0 spiro atoms. The van der Waals surface area contributed by atoms with E-state index in [1.165, 1.54) is 7.11 Å². The first-order valence-electron chi connectivity index (χ1n) is 5.15. The van der Waals surface area contributed by atoms with Gasteiger partial charge < -0.3 is 4.74 Å². The first kappa shape index (κ1) is 11.9. The van der Waals surface area contributed by atoms with E-state index < -0.39 is 0 Å². The van der Waals surface area contributed by atoms with E-state index in [1.807, 2.05) is 42.5 Å². The van der Waals surface area contributed by atoms with Crippen molar-refractivity contribution < 1.29 is 9.53 Å². The topological polar surface area (TPSA) is 26.3 Å². The van der Waals surface area contributed by atoms with Crippen molar-refractivity contribution in [2.45, 2.75) is 0 Å². The van der Waals surface area contributed by atoms with Crippen LogP contribution in [0.4, 0.5) is 0 Å². The zero-order chi connectivity index (χ0) is 12.3. The first-order valence-corrected chi connectivity index (χ1v) is 5.94. The molecule has 3 heteroatoms. The lowest BCUT2D eigenvalue weighted by molar-refractivity contribution is 0.0601. The molecule has 0 N–H and O–H groups in total. The molecule has 2 nitrogen and oxygen atoms in total. The van der Waals surface area contributed by atoms with Gasteiger partial charge in [0.05, 0.1) is 12.7 Å². The predicted molar refractivity (Wildman–Crippen MR) is 70.9 cm³/mol. The number of carbonyl (C=O) groups excluding carboxylic acids is 1. The summed E-state index contributed by atoms with van der Waals surface area (Å²) in [5.74, 6) is -0.318. The van der Waals surface area contributed by atoms with Crippen LogP contribution in [0.2, 0.25) is 0 Å². The molecule has 0 fully saturated rings. The van der Waals surface area contributed by atoms with Crippen LogP contribution in [0, 0.1) is 0 Å². The number of ether oxygens (including phenoxy) is 1. The molecule has 0 unspecified atom stereocenters. The summed E-state index contributed by atoms with van der Waals surface area (Å²) in [4.78, 5) is 11.4. The van der Waals surface area contributed by atoms with Gasteiger partial charge in [-0.25, -0.2) is 4.79 Å². The molecule has 0 aliphatic heterocycles. The van der Waals surface area contributed by atoms with Gasteiger partial charge in [0, 0.05) is 4.47 Å². The second kappa shape index (κ2) is 5.15. The maximum absolute atomic E-state index is 11.4. The van der Waals surface area contributed by atoms with Gasteiger partial charge in [-0.15, -0.1) is 0 Å². The quantitative estimate of drug-likeness (QED) is 0.784. The third-order valence-electron chi connectivity index (χ3n) is 2.44. The summed E-state index contributed by atoms with van der Waals surface area (Å²) in [5.41, 5.74) is 2.62. The van der Waals surface area contributed by atoms with Crippen LogP contribution in [0.25, 0.3) is 11.1 Å². The Kier molecular flexibility index (Phi) is 3.59. The molecule has 0 atom stereocenters. The van der Waals surface area contributed by atoms with Crippen LogP contribution in [-0.2, 0) is 4.74 Å². The lowest BCUT2D eigenvalue weighted by atomic mass is 10.0. The Balaban J connectivity index is 2.43. The number of methoxy groups -OCH3 is 1. The van der Waals surface area contributed by atoms with Crippen LogP contribution in [0.1, 0.15) is 10.4 Å². The third kappa shape index (κ3) is 2.74. The molecule has 0 radical (unpaired) electrons. The van der Waals surface area contributed by atoms with Crippen molar-refractivity contribution in [2.24, 2.45) is 0 Å². The highest BCUT2D eigenvalue weighted by Crippen LogP contribution is 2.23. The van der Waals surface area contributed by atoms with Crippen molar-refractivity contribution in [1.82, 2.24) is 0 Å². The zero-order valence-corrected chi connectivity index (χ0v) is 10.9. The SMILES string of the molecule is COC(=O)c1cccc(-c2cccc(Br)c2)c1. The average Bonchev–Trinajstić information content (AvgIpc) is 2.38. The van der Waals surface area contributed by atoms with E-state index in [2.05, 4.69) is 15.9 Å². The van der Waals surface area contributed by atoms with Gasteiger partial charge >= 0.3 is 5.97 Å². The van der Waals surface area contributed by atoms with E-state index in [0.29, 0.717) is 5.56 Å². The summed E-state index contributed by atoms with van der Waals surface area (Å²) >= 11 is 3.43. The van der Waals surface area contributed by atoms with Gasteiger partial charge in [0.1, 0.15) is 0 Å². The summed E-state index contributed by atoms with van der Waals surface area (Å²) in [6.07, 6.45) is 0. The van der Waals surface area contributed by atoms with Gasteiger partial charge in [0.2, 0.25) is 0 Å². The summed E-state index contributed by atoms with van der Waals surface area (Å²) in [6, 6.07) is 15.3. The summed E-state index contributed by atoms with van der Waals surface area (Å²) in [6.45, 7) is 0. The van der Waals surface area contributed by atoms with Gasteiger partial charge in [-0.1, -0.05) is 40.2 Å². The second-order valence-electron chi connectivity index (χ2n) is 3.58. The third-order valence-corrected chi connectivity index (χ3v) is 2.93. The molecule has 0 saturated heterocycles. The lowest BCUT2D eigenvalue weighted by Crippen LogP contribution is -2.00. The summed E-state index contributed by atoms with van der Waals surface area (Å²) < 4.78 is 5.72. The fraction of sp³-hybridized carbons (Fsp3) is 0.0714. The molecule has 0 amide bonds. The smallest absolute Gasteiger partial charge is 0.337 e. The Morgan fingerprint density at radius 1 is 1.06 bits per heavy atom. The van der Waals surface area contributed by atoms with Crippen LogP contribution in [0.15, 0.2) is 53.0 Å². The van der Waals surface area contributed by atoms with Crippen LogP contribution in [0.3, 0.4) is 0 Å². The van der Waals surface area contributed by atoms with Gasteiger partial charge in [0.15, 0.2) is 0 Å². The molecule has 86 valence electrons. The van der Waals surface area contributed by atoms with E-state index in [4.69, 9.17) is 4.74 Å². The van der Waals surface area contributed by atoms with E-state index in [0.717, 1.165) is 15.6 Å². The Morgan fingerprint density at radius 3 is 2.35 bits per heavy atom. The summed E-state index contributed by atoms with van der Waals surface area (Å²) in [5, 5.41) is 0. The largest absolute Gasteiger partial charge is 0.465 e. The van der Waals surface area contributed by atoms with Crippen LogP contribution in [0.5, 0.6) is 0 Å². The minimum Gasteiger partial charge on any atom is -0.465 e. The molecule has 2 aromatic carbocycles. The highest BCUT2D eigenvalue weighted by molar-refractivity contribution is 9.10. The number of rotatable bonds is 2. The zero-order valence-electron chi connectivity index (χ0n) is 9.31. The molecule has 0 aliphatic rings. The van der Waals surface area contributed by atoms with Crippen LogP contribution in [-0.4, -0.2) is 13.1 Å². The van der Waals surface area contributed by atoms with Crippen LogP contribution < -0.4 is 0 Å². The Morgan fingerprint density at radius 2 is 1.71 bits per heavy atom. The maximum atomic E-state index is 11.4. The van der Waals surface area contributed by atoms with E-state index in [9.17, 15) is 4.79 Å². The van der Waals surface area contributed by atoms with Gasteiger partial charge in [-0.2, -0.15) is 0 Å². The van der Waals surface area contributed by atoms with Crippen molar-refractivity contribution in [2.75, 3.05) is 7.11 Å². The average molecular weight is 291 g/mol. The second-order valence-corrected chi connectivity index (χ2v) is 4.50. The van der Waals surface area contributed by atoms with E-state index in [1.54, 1.807) is 6.07 Å². The molecular formula is C14H11BrO2. The maximum Gasteiger partial charge on any atom is 0.337 e.